The molecule has 6 aromatic rings. The van der Waals surface area contributed by atoms with Gasteiger partial charge in [0.1, 0.15) is 29.2 Å². The molecule has 1 amide bonds. The Morgan fingerprint density at radius 2 is 1.83 bits per heavy atom. The van der Waals surface area contributed by atoms with E-state index in [1.807, 2.05) is 66.3 Å². The molecular formula is C35H37N9O2. The van der Waals surface area contributed by atoms with Crippen LogP contribution in [0, 0.1) is 0 Å². The molecule has 234 valence electrons. The van der Waals surface area contributed by atoms with Crippen LogP contribution >= 0.6 is 0 Å². The smallest absolute Gasteiger partial charge is 0.272 e. The standard InChI is InChI=1S/C35H37N9O2/c1-41-29-6-4-3-5-23(29)17-30(41)35(45)40-28-12-7-22(18-31(28)46-2)27-20-43(34-32(27)33(36)37-21-38-34)25-10-8-24(9-11-25)42-15-16-44-26(19-42)13-14-39-44/h3-7,12-14,17-18,20-21,24-25H,8-11,15-16,19H2,1-2H3,(H,40,45)(H2,36,37,38)/t24-,25+. The minimum Gasteiger partial charge on any atom is -0.495 e. The lowest BCUT2D eigenvalue weighted by Gasteiger charge is -2.39. The predicted molar refractivity (Wildman–Crippen MR) is 179 cm³/mol. The van der Waals surface area contributed by atoms with Gasteiger partial charge in [0.25, 0.3) is 5.91 Å². The van der Waals surface area contributed by atoms with Crippen LogP contribution in [-0.2, 0) is 20.1 Å². The first-order chi connectivity index (χ1) is 22.5. The van der Waals surface area contributed by atoms with Crippen molar-refractivity contribution in [2.75, 3.05) is 24.7 Å². The number of hydrogen-bond acceptors (Lipinski definition) is 7. The predicted octanol–water partition coefficient (Wildman–Crippen LogP) is 5.63. The minimum absolute atomic E-state index is 0.204. The molecule has 0 spiro atoms. The Bertz CT molecular complexity index is 2080. The van der Waals surface area contributed by atoms with E-state index in [0.717, 1.165) is 78.4 Å². The van der Waals surface area contributed by atoms with E-state index in [4.69, 9.17) is 15.5 Å². The van der Waals surface area contributed by atoms with E-state index >= 15 is 0 Å². The lowest BCUT2D eigenvalue weighted by Crippen LogP contribution is -2.43. The highest BCUT2D eigenvalue weighted by Crippen LogP contribution is 2.41. The Hall–Kier alpha value is -5.16. The van der Waals surface area contributed by atoms with Gasteiger partial charge in [-0.2, -0.15) is 5.10 Å². The molecule has 2 aromatic carbocycles. The summed E-state index contributed by atoms with van der Waals surface area (Å²) >= 11 is 0. The summed E-state index contributed by atoms with van der Waals surface area (Å²) in [6.45, 7) is 2.97. The second kappa shape index (κ2) is 11.3. The van der Waals surface area contributed by atoms with Gasteiger partial charge in [0.15, 0.2) is 0 Å². The van der Waals surface area contributed by atoms with Crippen molar-refractivity contribution in [2.24, 2.45) is 7.05 Å². The summed E-state index contributed by atoms with van der Waals surface area (Å²) in [5, 5.41) is 9.34. The molecule has 1 saturated carbocycles. The van der Waals surface area contributed by atoms with E-state index in [1.165, 1.54) is 5.69 Å². The molecule has 0 radical (unpaired) electrons. The van der Waals surface area contributed by atoms with Crippen LogP contribution < -0.4 is 15.8 Å². The molecule has 0 unspecified atom stereocenters. The van der Waals surface area contributed by atoms with E-state index in [-0.39, 0.29) is 5.91 Å². The van der Waals surface area contributed by atoms with E-state index < -0.39 is 0 Å². The Balaban J connectivity index is 1.05. The number of nitrogens with one attached hydrogen (secondary N) is 1. The number of carbonyl (C=O) groups excluding carboxylic acids is 1. The van der Waals surface area contributed by atoms with Gasteiger partial charge in [-0.1, -0.05) is 24.3 Å². The van der Waals surface area contributed by atoms with Crippen LogP contribution in [0.4, 0.5) is 11.5 Å². The fraction of sp³-hybridized carbons (Fsp3) is 0.314. The van der Waals surface area contributed by atoms with Gasteiger partial charge < -0.3 is 24.9 Å². The highest BCUT2D eigenvalue weighted by atomic mass is 16.5. The van der Waals surface area contributed by atoms with Crippen molar-refractivity contribution in [2.45, 2.75) is 50.9 Å². The van der Waals surface area contributed by atoms with Crippen LogP contribution in [0.2, 0.25) is 0 Å². The van der Waals surface area contributed by atoms with Crippen molar-refractivity contribution >= 4 is 39.3 Å². The van der Waals surface area contributed by atoms with Gasteiger partial charge in [0, 0.05) is 61.1 Å². The van der Waals surface area contributed by atoms with Crippen molar-refractivity contribution in [1.82, 2.24) is 33.8 Å². The third-order valence-corrected chi connectivity index (χ3v) is 9.93. The van der Waals surface area contributed by atoms with Crippen molar-refractivity contribution < 1.29 is 9.53 Å². The molecular weight excluding hydrogens is 578 g/mol. The molecule has 5 heterocycles. The van der Waals surface area contributed by atoms with Gasteiger partial charge in [-0.05, 0) is 61.6 Å². The second-order valence-corrected chi connectivity index (χ2v) is 12.4. The van der Waals surface area contributed by atoms with Gasteiger partial charge in [0.2, 0.25) is 0 Å². The molecule has 0 atom stereocenters. The van der Waals surface area contributed by atoms with Gasteiger partial charge in [-0.25, -0.2) is 9.97 Å². The number of amides is 1. The van der Waals surface area contributed by atoms with Gasteiger partial charge >= 0.3 is 0 Å². The summed E-state index contributed by atoms with van der Waals surface area (Å²) in [4.78, 5) is 25.0. The van der Waals surface area contributed by atoms with Crippen LogP contribution in [0.5, 0.6) is 5.75 Å². The minimum atomic E-state index is -0.204. The lowest BCUT2D eigenvalue weighted by molar-refractivity contribution is 0.101. The largest absolute Gasteiger partial charge is 0.495 e. The summed E-state index contributed by atoms with van der Waals surface area (Å²) in [5.41, 5.74) is 12.7. The number of anilines is 2. The zero-order valence-electron chi connectivity index (χ0n) is 26.1. The average molecular weight is 616 g/mol. The topological polar surface area (TPSA) is 121 Å². The maximum Gasteiger partial charge on any atom is 0.272 e. The summed E-state index contributed by atoms with van der Waals surface area (Å²) in [6.07, 6.45) is 10.0. The van der Waals surface area contributed by atoms with Crippen LogP contribution in [0.25, 0.3) is 33.1 Å². The van der Waals surface area contributed by atoms with Gasteiger partial charge in [-0.3, -0.25) is 14.4 Å². The number of hydrogen-bond donors (Lipinski definition) is 2. The molecule has 0 saturated heterocycles. The number of methoxy groups -OCH3 is 1. The Labute approximate surface area is 266 Å². The SMILES string of the molecule is COc1cc(-c2cn([C@H]3CC[C@@H](N4CCn5nccc5C4)CC3)c3ncnc(N)c23)ccc1NC(=O)c1cc2ccccc2n1C. The summed E-state index contributed by atoms with van der Waals surface area (Å²) in [5.74, 6) is 0.804. The zero-order valence-corrected chi connectivity index (χ0v) is 26.1. The third kappa shape index (κ3) is 4.78. The molecule has 1 aliphatic heterocycles. The fourth-order valence-corrected chi connectivity index (χ4v) is 7.48. The number of rotatable bonds is 6. The summed E-state index contributed by atoms with van der Waals surface area (Å²) in [7, 11) is 3.51. The molecule has 0 bridgehead atoms. The number of aryl methyl sites for hydroxylation is 1. The number of nitrogens with zero attached hydrogens (tertiary/aromatic N) is 7. The van der Waals surface area contributed by atoms with Crippen LogP contribution in [-0.4, -0.2) is 59.4 Å². The van der Waals surface area contributed by atoms with Crippen LogP contribution in [0.1, 0.15) is 47.9 Å². The number of nitrogen functional groups attached to an aromatic ring is 1. The fourth-order valence-electron chi connectivity index (χ4n) is 7.48. The van der Waals surface area contributed by atoms with Crippen molar-refractivity contribution in [3.8, 4) is 16.9 Å². The molecule has 11 heteroatoms. The Kier molecular flexibility index (Phi) is 6.97. The van der Waals surface area contributed by atoms with E-state index in [9.17, 15) is 4.79 Å². The maximum absolute atomic E-state index is 13.4. The van der Waals surface area contributed by atoms with Crippen molar-refractivity contribution in [3.63, 3.8) is 0 Å². The van der Waals surface area contributed by atoms with Crippen molar-refractivity contribution in [3.05, 3.63) is 84.7 Å². The summed E-state index contributed by atoms with van der Waals surface area (Å²) < 4.78 is 12.1. The van der Waals surface area contributed by atoms with E-state index in [2.05, 4.69) is 41.8 Å². The summed E-state index contributed by atoms with van der Waals surface area (Å²) in [6, 6.07) is 18.7. The zero-order chi connectivity index (χ0) is 31.4. The molecule has 1 aliphatic carbocycles. The van der Waals surface area contributed by atoms with Gasteiger partial charge in [-0.15, -0.1) is 0 Å². The number of aromatic nitrogens is 6. The monoisotopic (exact) mass is 615 g/mol. The quantitative estimate of drug-likeness (QED) is 0.249. The molecule has 8 rings (SSSR count). The van der Waals surface area contributed by atoms with Crippen molar-refractivity contribution in [1.29, 1.82) is 0 Å². The van der Waals surface area contributed by atoms with Gasteiger partial charge in [0.05, 0.1) is 30.4 Å². The lowest BCUT2D eigenvalue weighted by atomic mass is 9.89. The van der Waals surface area contributed by atoms with E-state index in [0.29, 0.717) is 35.0 Å². The molecule has 2 aliphatic rings. The first-order valence-electron chi connectivity index (χ1n) is 15.9. The Morgan fingerprint density at radius 1 is 1.00 bits per heavy atom. The first kappa shape index (κ1) is 28.3. The van der Waals surface area contributed by atoms with Crippen LogP contribution in [0.15, 0.2) is 73.3 Å². The third-order valence-electron chi connectivity index (χ3n) is 9.93. The average Bonchev–Trinajstić information content (AvgIpc) is 3.81. The molecule has 46 heavy (non-hydrogen) atoms. The maximum atomic E-state index is 13.4. The van der Waals surface area contributed by atoms with E-state index in [1.54, 1.807) is 13.4 Å². The number of fused-ring (bicyclic) bond motifs is 3. The highest BCUT2D eigenvalue weighted by molar-refractivity contribution is 6.07. The highest BCUT2D eigenvalue weighted by Gasteiger charge is 2.30. The first-order valence-corrected chi connectivity index (χ1v) is 15.9. The number of para-hydroxylation sites is 1. The Morgan fingerprint density at radius 3 is 2.65 bits per heavy atom. The number of carbonyl (C=O) groups is 1. The normalized spacial score (nSPS) is 18.6. The van der Waals surface area contributed by atoms with Crippen LogP contribution in [0.3, 0.4) is 0 Å². The molecule has 3 N–H and O–H groups in total. The number of nitrogens with two attached hydrogens (primary N) is 1. The molecule has 4 aromatic heterocycles. The number of ether oxygens (including phenoxy) is 1. The molecule has 11 nitrogen and oxygen atoms in total. The molecule has 1 fully saturated rings. The number of benzene rings is 2. The second-order valence-electron chi connectivity index (χ2n) is 12.4.